The Morgan fingerprint density at radius 3 is 2.25 bits per heavy atom. The van der Waals surface area contributed by atoms with Gasteiger partial charge < -0.3 is 4.55 Å². The maximum absolute atomic E-state index is 12.5. The van der Waals surface area contributed by atoms with E-state index < -0.39 is 16.3 Å². The molecule has 1 atom stereocenters. The summed E-state index contributed by atoms with van der Waals surface area (Å²) in [5.74, 6) is 0. The van der Waals surface area contributed by atoms with Crippen LogP contribution in [-0.2, 0) is 11.4 Å². The lowest BCUT2D eigenvalue weighted by atomic mass is 10.3. The van der Waals surface area contributed by atoms with Gasteiger partial charge in [-0.2, -0.15) is 0 Å². The Balaban J connectivity index is 2.97. The molecule has 20 heavy (non-hydrogen) atoms. The van der Waals surface area contributed by atoms with Gasteiger partial charge in [0.15, 0.2) is 0 Å². The van der Waals surface area contributed by atoms with Crippen LogP contribution in [0.25, 0.3) is 0 Å². The van der Waals surface area contributed by atoms with Gasteiger partial charge in [0, 0.05) is 25.2 Å². The molecule has 0 bridgehead atoms. The molecule has 0 heterocycles. The monoisotopic (exact) mass is 294 g/mol. The highest BCUT2D eigenvalue weighted by Crippen LogP contribution is 2.26. The van der Waals surface area contributed by atoms with Crippen LogP contribution in [0.2, 0.25) is 0 Å². The van der Waals surface area contributed by atoms with E-state index >= 15 is 0 Å². The lowest BCUT2D eigenvalue weighted by Crippen LogP contribution is -2.33. The molecule has 0 N–H and O–H groups in total. The van der Waals surface area contributed by atoms with E-state index in [-0.39, 0.29) is 10.6 Å². The van der Waals surface area contributed by atoms with Crippen LogP contribution in [0.15, 0.2) is 54.5 Å². The Morgan fingerprint density at radius 2 is 1.75 bits per heavy atom. The second-order valence-corrected chi connectivity index (χ2v) is 5.51. The van der Waals surface area contributed by atoms with E-state index in [1.165, 1.54) is 12.1 Å². The molecular weight excluding hydrogens is 276 g/mol. The number of nitro benzene ring substituents is 1. The summed E-state index contributed by atoms with van der Waals surface area (Å²) in [7, 11) is 0. The van der Waals surface area contributed by atoms with E-state index in [9.17, 15) is 14.7 Å². The molecule has 1 aromatic carbocycles. The molecule has 0 aliphatic carbocycles. The highest BCUT2D eigenvalue weighted by atomic mass is 32.2. The Kier molecular flexibility index (Phi) is 7.00. The molecule has 0 amide bonds. The summed E-state index contributed by atoms with van der Waals surface area (Å²) in [6, 6.07) is 6.12. The summed E-state index contributed by atoms with van der Waals surface area (Å²) in [6.07, 6.45) is 4.81. The maximum atomic E-state index is 12.5. The largest absolute Gasteiger partial charge is 0.593 e. The van der Waals surface area contributed by atoms with Crippen LogP contribution in [0.5, 0.6) is 0 Å². The fraction of sp³-hybridized carbons (Fsp3) is 0.286. The van der Waals surface area contributed by atoms with Crippen molar-refractivity contribution in [3.63, 3.8) is 0 Å². The summed E-state index contributed by atoms with van der Waals surface area (Å²) >= 11 is -1.56. The zero-order valence-electron chi connectivity index (χ0n) is 11.2. The van der Waals surface area contributed by atoms with Gasteiger partial charge >= 0.3 is 5.69 Å². The number of nitrogens with zero attached hydrogens (tertiary/aromatic N) is 2. The quantitative estimate of drug-likeness (QED) is 0.304. The molecule has 0 saturated carbocycles. The minimum absolute atomic E-state index is 0.118. The van der Waals surface area contributed by atoms with Gasteiger partial charge in [-0.1, -0.05) is 24.3 Å². The van der Waals surface area contributed by atoms with Gasteiger partial charge in [0.2, 0.25) is 0 Å². The highest BCUT2D eigenvalue weighted by molar-refractivity contribution is 7.89. The summed E-state index contributed by atoms with van der Waals surface area (Å²) < 4.78 is 14.2. The van der Waals surface area contributed by atoms with E-state index in [1.54, 1.807) is 28.6 Å². The SMILES string of the molecule is C=CCCN(CCC=C)[S+]([O-])c1ccccc1[N+](=O)[O-]. The van der Waals surface area contributed by atoms with Gasteiger partial charge in [0.1, 0.15) is 0 Å². The smallest absolute Gasteiger partial charge is 0.325 e. The van der Waals surface area contributed by atoms with Crippen molar-refractivity contribution in [1.29, 1.82) is 0 Å². The maximum Gasteiger partial charge on any atom is 0.325 e. The molecule has 0 aliphatic heterocycles. The number of hydrogen-bond donors (Lipinski definition) is 0. The summed E-state index contributed by atoms with van der Waals surface area (Å²) in [4.78, 5) is 10.7. The van der Waals surface area contributed by atoms with Crippen molar-refractivity contribution in [3.8, 4) is 0 Å². The van der Waals surface area contributed by atoms with E-state index in [1.807, 2.05) is 0 Å². The van der Waals surface area contributed by atoms with Crippen molar-refractivity contribution in [3.05, 3.63) is 59.7 Å². The van der Waals surface area contributed by atoms with Crippen molar-refractivity contribution in [2.45, 2.75) is 17.7 Å². The summed E-state index contributed by atoms with van der Waals surface area (Å²) in [5, 5.41) is 11.0. The van der Waals surface area contributed by atoms with E-state index in [0.29, 0.717) is 25.9 Å². The predicted octanol–water partition coefficient (Wildman–Crippen LogP) is 3.07. The summed E-state index contributed by atoms with van der Waals surface area (Å²) in [5.41, 5.74) is -0.118. The average molecular weight is 294 g/mol. The number of hydrogen-bond acceptors (Lipinski definition) is 4. The first-order valence-corrected chi connectivity index (χ1v) is 7.34. The Bertz CT molecular complexity index is 467. The average Bonchev–Trinajstić information content (AvgIpc) is 2.46. The molecule has 1 unspecified atom stereocenters. The zero-order chi connectivity index (χ0) is 15.0. The molecule has 108 valence electrons. The number of nitro groups is 1. The third-order valence-electron chi connectivity index (χ3n) is 2.65. The van der Waals surface area contributed by atoms with Crippen molar-refractivity contribution in [2.75, 3.05) is 13.1 Å². The van der Waals surface area contributed by atoms with Crippen molar-refractivity contribution in [1.82, 2.24) is 4.31 Å². The van der Waals surface area contributed by atoms with Crippen molar-refractivity contribution in [2.24, 2.45) is 0 Å². The molecule has 1 aromatic rings. The van der Waals surface area contributed by atoms with Gasteiger partial charge in [-0.15, -0.1) is 17.5 Å². The van der Waals surface area contributed by atoms with Crippen molar-refractivity contribution >= 4 is 17.0 Å². The molecule has 0 spiro atoms. The Hall–Kier alpha value is -1.63. The Labute approximate surface area is 122 Å². The molecule has 0 fully saturated rings. The second kappa shape index (κ2) is 8.52. The first-order chi connectivity index (χ1) is 9.61. The lowest BCUT2D eigenvalue weighted by Gasteiger charge is -2.22. The molecule has 5 nitrogen and oxygen atoms in total. The van der Waals surface area contributed by atoms with Gasteiger partial charge in [-0.3, -0.25) is 10.1 Å². The molecule has 1 rings (SSSR count). The Morgan fingerprint density at radius 1 is 1.20 bits per heavy atom. The molecule has 0 aliphatic rings. The van der Waals surface area contributed by atoms with Crippen molar-refractivity contribution < 1.29 is 9.48 Å². The molecular formula is C14H18N2O3S. The number of rotatable bonds is 9. The first kappa shape index (κ1) is 16.4. The van der Waals surface area contributed by atoms with E-state index in [4.69, 9.17) is 0 Å². The van der Waals surface area contributed by atoms with Gasteiger partial charge in [0.05, 0.1) is 16.3 Å². The summed E-state index contributed by atoms with van der Waals surface area (Å²) in [6.45, 7) is 8.35. The van der Waals surface area contributed by atoms with Gasteiger partial charge in [-0.25, -0.2) is 0 Å². The molecule has 0 radical (unpaired) electrons. The van der Waals surface area contributed by atoms with E-state index in [0.717, 1.165) is 0 Å². The third-order valence-corrected chi connectivity index (χ3v) is 4.21. The molecule has 6 heteroatoms. The predicted molar refractivity (Wildman–Crippen MR) is 80.7 cm³/mol. The third kappa shape index (κ3) is 4.48. The standard InChI is InChI=1S/C14H18N2O3S/c1-3-5-11-15(12-6-4-2)20(19)14-10-8-7-9-13(14)16(17)18/h3-4,7-10H,1-2,5-6,11-12H2. The van der Waals surface area contributed by atoms with Crippen LogP contribution >= 0.6 is 0 Å². The number of benzene rings is 1. The normalized spacial score (nSPS) is 12.1. The van der Waals surface area contributed by atoms with Crippen LogP contribution in [0.3, 0.4) is 0 Å². The first-order valence-electron chi connectivity index (χ1n) is 6.23. The second-order valence-electron chi connectivity index (χ2n) is 4.06. The lowest BCUT2D eigenvalue weighted by molar-refractivity contribution is -0.387. The topological polar surface area (TPSA) is 69.4 Å². The zero-order valence-corrected chi connectivity index (χ0v) is 12.1. The van der Waals surface area contributed by atoms with Crippen LogP contribution in [-0.4, -0.2) is 26.9 Å². The van der Waals surface area contributed by atoms with Gasteiger partial charge in [0.25, 0.3) is 4.90 Å². The molecule has 0 aromatic heterocycles. The van der Waals surface area contributed by atoms with E-state index in [2.05, 4.69) is 13.2 Å². The number of para-hydroxylation sites is 1. The molecule has 0 saturated heterocycles. The minimum Gasteiger partial charge on any atom is -0.593 e. The highest BCUT2D eigenvalue weighted by Gasteiger charge is 2.29. The van der Waals surface area contributed by atoms with Crippen LogP contribution in [0.1, 0.15) is 12.8 Å². The van der Waals surface area contributed by atoms with Crippen LogP contribution in [0.4, 0.5) is 5.69 Å². The minimum atomic E-state index is -1.56. The van der Waals surface area contributed by atoms with Crippen LogP contribution < -0.4 is 0 Å². The fourth-order valence-electron chi connectivity index (χ4n) is 1.64. The fourth-order valence-corrected chi connectivity index (χ4v) is 2.98. The van der Waals surface area contributed by atoms with Crippen LogP contribution in [0, 0.1) is 10.1 Å². The van der Waals surface area contributed by atoms with Gasteiger partial charge in [-0.05, 0) is 12.8 Å².